The third kappa shape index (κ3) is 49.4. The Bertz CT molecular complexity index is 1010. The number of phosphoric ester groups is 1. The van der Waals surface area contributed by atoms with Crippen LogP contribution in [0.5, 0.6) is 0 Å². The Morgan fingerprint density at radius 3 is 1.05 bits per heavy atom. The lowest BCUT2D eigenvalue weighted by Gasteiger charge is -2.26. The molecule has 0 saturated carbocycles. The van der Waals surface area contributed by atoms with Gasteiger partial charge in [0.2, 0.25) is 5.91 Å². The minimum atomic E-state index is -4.31. The predicted octanol–water partition coefficient (Wildman–Crippen LogP) is 16.9. The van der Waals surface area contributed by atoms with E-state index in [2.05, 4.69) is 19.2 Å². The summed E-state index contributed by atoms with van der Waals surface area (Å²) in [6.07, 6.45) is 55.9. The Kier molecular flexibility index (Phi) is 47.2. The highest BCUT2D eigenvalue weighted by molar-refractivity contribution is 7.47. The summed E-state index contributed by atoms with van der Waals surface area (Å²) in [4.78, 5) is 23.3. The number of carbonyl (C=O) groups is 1. The number of aliphatic hydroxyl groups is 1. The molecule has 0 aliphatic carbocycles. The topological polar surface area (TPSA) is 105 Å². The van der Waals surface area contributed by atoms with Crippen LogP contribution in [0.1, 0.15) is 296 Å². The van der Waals surface area contributed by atoms with E-state index < -0.39 is 20.0 Å². The molecule has 0 aliphatic heterocycles. The van der Waals surface area contributed by atoms with Gasteiger partial charge in [0.15, 0.2) is 0 Å². The van der Waals surface area contributed by atoms with Crippen LogP contribution in [0, 0.1) is 0 Å². The first kappa shape index (κ1) is 63.5. The van der Waals surface area contributed by atoms with Crippen LogP contribution in [-0.4, -0.2) is 73.4 Å². The standard InChI is InChI=1S/C55H113N2O6P/c1-6-8-10-12-14-16-18-20-22-23-24-25-26-27-28-29-30-31-32-33-34-35-36-38-40-42-44-46-48-54(58)53(52-63-64(60,61)62-51-50-57(3,4)5)56-55(59)49-47-45-43-41-39-37-21-19-17-15-13-11-9-7-2/h53-54,58H,6-52H2,1-5H3,(H-,56,59,60,61)/p+1. The van der Waals surface area contributed by atoms with E-state index in [4.69, 9.17) is 9.05 Å². The van der Waals surface area contributed by atoms with E-state index in [-0.39, 0.29) is 19.1 Å². The fraction of sp³-hybridized carbons (Fsp3) is 0.982. The Labute approximate surface area is 399 Å². The average molecular weight is 930 g/mol. The zero-order valence-corrected chi connectivity index (χ0v) is 44.7. The van der Waals surface area contributed by atoms with Crippen LogP contribution in [0.15, 0.2) is 0 Å². The van der Waals surface area contributed by atoms with Gasteiger partial charge in [-0.2, -0.15) is 0 Å². The number of hydrogen-bond donors (Lipinski definition) is 3. The van der Waals surface area contributed by atoms with Gasteiger partial charge in [-0.1, -0.05) is 277 Å². The number of unbranched alkanes of at least 4 members (excludes halogenated alkanes) is 40. The zero-order valence-electron chi connectivity index (χ0n) is 43.8. The van der Waals surface area contributed by atoms with E-state index in [9.17, 15) is 19.4 Å². The van der Waals surface area contributed by atoms with E-state index in [1.54, 1.807) is 0 Å². The number of quaternary nitrogens is 1. The molecule has 0 aromatic heterocycles. The van der Waals surface area contributed by atoms with Crippen molar-refractivity contribution >= 4 is 13.7 Å². The SMILES string of the molecule is CCCCCCCCCCCCCCCCCCCCCCCCCCCCCCC(O)C(COP(=O)(O)OCC[N+](C)(C)C)NC(=O)CCCCCCCCCCCCCCCC. The minimum Gasteiger partial charge on any atom is -0.391 e. The Balaban J connectivity index is 4.05. The molecular formula is C55H114N2O6P+. The first-order valence-corrected chi connectivity index (χ1v) is 29.9. The van der Waals surface area contributed by atoms with Crippen LogP contribution in [0.4, 0.5) is 0 Å². The van der Waals surface area contributed by atoms with Gasteiger partial charge in [0.25, 0.3) is 0 Å². The Morgan fingerprint density at radius 2 is 0.750 bits per heavy atom. The van der Waals surface area contributed by atoms with Crippen LogP contribution in [0.25, 0.3) is 0 Å². The number of amides is 1. The average Bonchev–Trinajstić information content (AvgIpc) is 3.25. The van der Waals surface area contributed by atoms with Gasteiger partial charge in [-0.25, -0.2) is 4.57 Å². The second kappa shape index (κ2) is 47.6. The van der Waals surface area contributed by atoms with Crippen LogP contribution in [0.2, 0.25) is 0 Å². The van der Waals surface area contributed by atoms with Crippen molar-refractivity contribution in [1.82, 2.24) is 5.32 Å². The summed E-state index contributed by atoms with van der Waals surface area (Å²) in [7, 11) is 1.63. The predicted molar refractivity (Wildman–Crippen MR) is 277 cm³/mol. The van der Waals surface area contributed by atoms with Gasteiger partial charge in [0.1, 0.15) is 13.2 Å². The smallest absolute Gasteiger partial charge is 0.391 e. The van der Waals surface area contributed by atoms with Gasteiger partial charge < -0.3 is 19.8 Å². The number of aliphatic hydroxyl groups excluding tert-OH is 1. The fourth-order valence-electron chi connectivity index (χ4n) is 8.87. The molecule has 0 fully saturated rings. The largest absolute Gasteiger partial charge is 0.472 e. The molecule has 384 valence electrons. The maximum absolute atomic E-state index is 12.9. The molecule has 0 heterocycles. The minimum absolute atomic E-state index is 0.0790. The van der Waals surface area contributed by atoms with Gasteiger partial charge in [0, 0.05) is 6.42 Å². The lowest BCUT2D eigenvalue weighted by atomic mass is 10.0. The summed E-state index contributed by atoms with van der Waals surface area (Å²) in [5.74, 6) is -0.138. The van der Waals surface area contributed by atoms with E-state index in [0.717, 1.165) is 38.5 Å². The van der Waals surface area contributed by atoms with Crippen molar-refractivity contribution in [1.29, 1.82) is 0 Å². The van der Waals surface area contributed by atoms with Crippen LogP contribution in [-0.2, 0) is 18.4 Å². The summed E-state index contributed by atoms with van der Waals surface area (Å²) in [5, 5.41) is 14.1. The quantitative estimate of drug-likeness (QED) is 0.0319. The molecule has 3 N–H and O–H groups in total. The number of phosphoric acid groups is 1. The summed E-state index contributed by atoms with van der Waals surface area (Å²) in [6.45, 7) is 4.93. The molecule has 3 unspecified atom stereocenters. The van der Waals surface area contributed by atoms with Crippen molar-refractivity contribution in [3.8, 4) is 0 Å². The van der Waals surface area contributed by atoms with Gasteiger partial charge >= 0.3 is 7.82 Å². The Morgan fingerprint density at radius 1 is 0.469 bits per heavy atom. The third-order valence-corrected chi connectivity index (χ3v) is 14.3. The first-order chi connectivity index (χ1) is 31.0. The number of rotatable bonds is 53. The highest BCUT2D eigenvalue weighted by Crippen LogP contribution is 2.43. The number of nitrogens with zero attached hydrogens (tertiary/aromatic N) is 1. The molecule has 64 heavy (non-hydrogen) atoms. The molecule has 1 amide bonds. The van der Waals surface area contributed by atoms with E-state index in [1.807, 2.05) is 21.1 Å². The summed E-state index contributed by atoms with van der Waals surface area (Å²) in [5.41, 5.74) is 0. The van der Waals surface area contributed by atoms with E-state index in [1.165, 1.54) is 231 Å². The van der Waals surface area contributed by atoms with Crippen molar-refractivity contribution in [2.75, 3.05) is 40.9 Å². The summed E-state index contributed by atoms with van der Waals surface area (Å²) < 4.78 is 23.8. The van der Waals surface area contributed by atoms with Gasteiger partial charge in [-0.3, -0.25) is 13.8 Å². The van der Waals surface area contributed by atoms with E-state index in [0.29, 0.717) is 23.9 Å². The van der Waals surface area contributed by atoms with Gasteiger partial charge in [-0.05, 0) is 12.8 Å². The van der Waals surface area contributed by atoms with Crippen molar-refractivity contribution in [2.24, 2.45) is 0 Å². The van der Waals surface area contributed by atoms with Gasteiger partial charge in [-0.15, -0.1) is 0 Å². The molecule has 0 rings (SSSR count). The van der Waals surface area contributed by atoms with Gasteiger partial charge in [0.05, 0.1) is 39.9 Å². The van der Waals surface area contributed by atoms with Crippen LogP contribution < -0.4 is 5.32 Å². The molecule has 0 bridgehead atoms. The van der Waals surface area contributed by atoms with Crippen molar-refractivity contribution in [3.63, 3.8) is 0 Å². The monoisotopic (exact) mass is 930 g/mol. The lowest BCUT2D eigenvalue weighted by molar-refractivity contribution is -0.870. The second-order valence-corrected chi connectivity index (χ2v) is 22.5. The normalized spacial score (nSPS) is 13.9. The molecule has 3 atom stereocenters. The maximum Gasteiger partial charge on any atom is 0.472 e. The zero-order chi connectivity index (χ0) is 47.1. The fourth-order valence-corrected chi connectivity index (χ4v) is 9.61. The number of carbonyl (C=O) groups excluding carboxylic acids is 1. The van der Waals surface area contributed by atoms with Crippen molar-refractivity contribution < 1.29 is 32.9 Å². The second-order valence-electron chi connectivity index (χ2n) is 21.0. The summed E-state index contributed by atoms with van der Waals surface area (Å²) in [6, 6.07) is -0.754. The number of hydrogen-bond acceptors (Lipinski definition) is 5. The molecule has 8 nitrogen and oxygen atoms in total. The van der Waals surface area contributed by atoms with Crippen molar-refractivity contribution in [3.05, 3.63) is 0 Å². The number of nitrogens with one attached hydrogen (secondary N) is 1. The molecule has 0 saturated heterocycles. The highest BCUT2D eigenvalue weighted by Gasteiger charge is 2.28. The molecule has 0 spiro atoms. The molecule has 9 heteroatoms. The maximum atomic E-state index is 12.9. The van der Waals surface area contributed by atoms with Crippen molar-refractivity contribution in [2.45, 2.75) is 309 Å². The van der Waals surface area contributed by atoms with Crippen LogP contribution >= 0.6 is 7.82 Å². The molecule has 0 radical (unpaired) electrons. The summed E-state index contributed by atoms with van der Waals surface area (Å²) >= 11 is 0. The third-order valence-electron chi connectivity index (χ3n) is 13.4. The van der Waals surface area contributed by atoms with E-state index >= 15 is 0 Å². The molecular weight excluding hydrogens is 816 g/mol. The lowest BCUT2D eigenvalue weighted by Crippen LogP contribution is -2.46. The first-order valence-electron chi connectivity index (χ1n) is 28.4. The molecule has 0 aliphatic rings. The molecule has 0 aromatic carbocycles. The number of likely N-dealkylation sites (N-methyl/N-ethyl adjacent to an activating group) is 1. The van der Waals surface area contributed by atoms with Crippen LogP contribution in [0.3, 0.4) is 0 Å². The molecule has 0 aromatic rings. The highest BCUT2D eigenvalue weighted by atomic mass is 31.2. The Hall–Kier alpha value is -0.500.